The Labute approximate surface area is 217 Å². The first-order valence-corrected chi connectivity index (χ1v) is 12.9. The summed E-state index contributed by atoms with van der Waals surface area (Å²) in [7, 11) is 0. The van der Waals surface area contributed by atoms with E-state index in [1.807, 2.05) is 25.1 Å². The predicted octanol–water partition coefficient (Wildman–Crippen LogP) is 5.19. The second kappa shape index (κ2) is 11.9. The summed E-state index contributed by atoms with van der Waals surface area (Å²) < 4.78 is 27.5. The number of carbonyl (C=O) groups is 1. The third-order valence-corrected chi connectivity index (χ3v) is 7.29. The highest BCUT2D eigenvalue weighted by Crippen LogP contribution is 2.38. The van der Waals surface area contributed by atoms with Gasteiger partial charge in [0.25, 0.3) is 0 Å². The van der Waals surface area contributed by atoms with Gasteiger partial charge in [0.05, 0.1) is 17.8 Å². The van der Waals surface area contributed by atoms with Crippen LogP contribution in [0.4, 0.5) is 8.78 Å². The highest BCUT2D eigenvalue weighted by Gasteiger charge is 2.35. The van der Waals surface area contributed by atoms with Crippen molar-refractivity contribution in [2.75, 3.05) is 6.54 Å². The molecule has 0 spiro atoms. The fourth-order valence-electron chi connectivity index (χ4n) is 5.44. The molecule has 3 N–H and O–H groups in total. The largest absolute Gasteiger partial charge is 0.390 e. The van der Waals surface area contributed by atoms with Crippen molar-refractivity contribution in [3.8, 4) is 11.3 Å². The molecule has 2 unspecified atom stereocenters. The van der Waals surface area contributed by atoms with Crippen LogP contribution in [-0.2, 0) is 16.8 Å². The van der Waals surface area contributed by atoms with E-state index in [0.29, 0.717) is 5.56 Å². The van der Waals surface area contributed by atoms with Gasteiger partial charge in [-0.1, -0.05) is 43.5 Å². The summed E-state index contributed by atoms with van der Waals surface area (Å²) in [6, 6.07) is 15.0. The van der Waals surface area contributed by atoms with E-state index in [0.717, 1.165) is 60.6 Å². The Morgan fingerprint density at radius 2 is 1.78 bits per heavy atom. The Morgan fingerprint density at radius 3 is 2.46 bits per heavy atom. The van der Waals surface area contributed by atoms with Gasteiger partial charge < -0.3 is 15.7 Å². The van der Waals surface area contributed by atoms with Crippen LogP contribution in [-0.4, -0.2) is 34.7 Å². The van der Waals surface area contributed by atoms with Crippen molar-refractivity contribution in [1.82, 2.24) is 15.6 Å². The summed E-state index contributed by atoms with van der Waals surface area (Å²) in [4.78, 5) is 16.5. The molecule has 1 saturated carbocycles. The van der Waals surface area contributed by atoms with Crippen molar-refractivity contribution < 1.29 is 18.7 Å². The van der Waals surface area contributed by atoms with Gasteiger partial charge in [0.15, 0.2) is 0 Å². The number of nitrogens with one attached hydrogen (secondary N) is 2. The minimum absolute atomic E-state index is 0.110. The number of benzene rings is 2. The zero-order valence-corrected chi connectivity index (χ0v) is 21.4. The lowest BCUT2D eigenvalue weighted by atomic mass is 9.76. The number of amides is 1. The maximum absolute atomic E-state index is 13.7. The third-order valence-electron chi connectivity index (χ3n) is 7.29. The number of hydrogen-bond donors (Lipinski definition) is 3. The first-order valence-electron chi connectivity index (χ1n) is 12.9. The average molecular weight is 508 g/mol. The SMILES string of the molecule is CC(=O)NC(Cc1cc(F)cc(F)c1)C(O)CNC1(c2cccc(-c3ncccc3C)c2)CCCCC1. The molecule has 37 heavy (non-hydrogen) atoms. The lowest BCUT2D eigenvalue weighted by Gasteiger charge is -2.40. The van der Waals surface area contributed by atoms with Crippen molar-refractivity contribution in [3.63, 3.8) is 0 Å². The number of aromatic nitrogens is 1. The lowest BCUT2D eigenvalue weighted by Crippen LogP contribution is -2.53. The van der Waals surface area contributed by atoms with Crippen LogP contribution in [0.2, 0.25) is 0 Å². The van der Waals surface area contributed by atoms with Crippen molar-refractivity contribution in [1.29, 1.82) is 0 Å². The van der Waals surface area contributed by atoms with E-state index in [1.165, 1.54) is 19.1 Å². The molecule has 0 bridgehead atoms. The van der Waals surface area contributed by atoms with E-state index in [1.54, 1.807) is 6.20 Å². The molecule has 7 heteroatoms. The van der Waals surface area contributed by atoms with E-state index in [4.69, 9.17) is 0 Å². The lowest BCUT2D eigenvalue weighted by molar-refractivity contribution is -0.120. The standard InChI is InChI=1S/C30H35F2N3O2/c1-20-8-7-13-33-29(20)23-9-6-10-24(17-23)30(11-4-3-5-12-30)34-19-28(37)27(35-21(2)36)16-22-14-25(31)18-26(32)15-22/h6-10,13-15,17-18,27-28,34,37H,3-5,11-12,16,19H2,1-2H3,(H,35,36). The number of rotatable bonds is 9. The second-order valence-corrected chi connectivity index (χ2v) is 10.1. The first-order chi connectivity index (χ1) is 17.8. The van der Waals surface area contributed by atoms with E-state index < -0.39 is 23.8 Å². The Balaban J connectivity index is 1.56. The van der Waals surface area contributed by atoms with Gasteiger partial charge in [-0.3, -0.25) is 9.78 Å². The van der Waals surface area contributed by atoms with Crippen molar-refractivity contribution in [3.05, 3.63) is 89.1 Å². The summed E-state index contributed by atoms with van der Waals surface area (Å²) in [6.07, 6.45) is 6.07. The van der Waals surface area contributed by atoms with Crippen LogP contribution >= 0.6 is 0 Å². The fraction of sp³-hybridized carbons (Fsp3) is 0.400. The molecule has 0 radical (unpaired) electrons. The van der Waals surface area contributed by atoms with Crippen LogP contribution in [0, 0.1) is 18.6 Å². The van der Waals surface area contributed by atoms with Crippen LogP contribution in [0.5, 0.6) is 0 Å². The molecule has 0 saturated heterocycles. The quantitative estimate of drug-likeness (QED) is 0.373. The maximum Gasteiger partial charge on any atom is 0.217 e. The predicted molar refractivity (Wildman–Crippen MR) is 141 cm³/mol. The third kappa shape index (κ3) is 6.79. The molecule has 1 amide bonds. The summed E-state index contributed by atoms with van der Waals surface area (Å²) in [6.45, 7) is 3.63. The Morgan fingerprint density at radius 1 is 1.05 bits per heavy atom. The molecule has 1 aliphatic carbocycles. The number of pyridine rings is 1. The van der Waals surface area contributed by atoms with E-state index in [-0.39, 0.29) is 24.4 Å². The normalized spacial score (nSPS) is 16.7. The summed E-state index contributed by atoms with van der Waals surface area (Å²) >= 11 is 0. The molecule has 3 aromatic rings. The van der Waals surface area contributed by atoms with E-state index in [9.17, 15) is 18.7 Å². The van der Waals surface area contributed by atoms with Gasteiger partial charge in [0, 0.05) is 36.8 Å². The molecule has 1 heterocycles. The van der Waals surface area contributed by atoms with Gasteiger partial charge in [-0.15, -0.1) is 0 Å². The molecular formula is C30H35F2N3O2. The first kappa shape index (κ1) is 26.9. The zero-order valence-electron chi connectivity index (χ0n) is 21.4. The number of aliphatic hydroxyl groups is 1. The Bertz CT molecular complexity index is 1210. The highest BCUT2D eigenvalue weighted by atomic mass is 19.1. The van der Waals surface area contributed by atoms with E-state index in [2.05, 4.69) is 33.8 Å². The minimum Gasteiger partial charge on any atom is -0.390 e. The smallest absolute Gasteiger partial charge is 0.217 e. The molecule has 1 fully saturated rings. The van der Waals surface area contributed by atoms with Gasteiger partial charge in [-0.2, -0.15) is 0 Å². The summed E-state index contributed by atoms with van der Waals surface area (Å²) in [5, 5.41) is 17.5. The Hall–Kier alpha value is -3.16. The molecular weight excluding hydrogens is 472 g/mol. The van der Waals surface area contributed by atoms with Gasteiger partial charge in [0.1, 0.15) is 11.6 Å². The molecule has 2 aromatic carbocycles. The van der Waals surface area contributed by atoms with Crippen LogP contribution in [0.15, 0.2) is 60.8 Å². The van der Waals surface area contributed by atoms with Gasteiger partial charge in [-0.25, -0.2) is 8.78 Å². The van der Waals surface area contributed by atoms with E-state index >= 15 is 0 Å². The molecule has 196 valence electrons. The van der Waals surface area contributed by atoms with Gasteiger partial charge in [-0.05, 0) is 67.1 Å². The number of nitrogens with zero attached hydrogens (tertiary/aromatic N) is 1. The summed E-state index contributed by atoms with van der Waals surface area (Å²) in [5.41, 5.74) is 4.29. The second-order valence-electron chi connectivity index (χ2n) is 10.1. The van der Waals surface area contributed by atoms with Gasteiger partial charge in [0.2, 0.25) is 5.91 Å². The number of aryl methyl sites for hydroxylation is 1. The Kier molecular flexibility index (Phi) is 8.67. The van der Waals surface area contributed by atoms with Crippen molar-refractivity contribution >= 4 is 5.91 Å². The topological polar surface area (TPSA) is 74.2 Å². The highest BCUT2D eigenvalue weighted by molar-refractivity contribution is 5.73. The number of hydrogen-bond acceptors (Lipinski definition) is 4. The number of aliphatic hydroxyl groups excluding tert-OH is 1. The van der Waals surface area contributed by atoms with Crippen molar-refractivity contribution in [2.24, 2.45) is 0 Å². The summed E-state index contributed by atoms with van der Waals surface area (Å²) in [5.74, 6) is -1.69. The van der Waals surface area contributed by atoms with Crippen LogP contribution in [0.25, 0.3) is 11.3 Å². The molecule has 5 nitrogen and oxygen atoms in total. The zero-order chi connectivity index (χ0) is 26.4. The molecule has 4 rings (SSSR count). The maximum atomic E-state index is 13.7. The van der Waals surface area contributed by atoms with Crippen molar-refractivity contribution in [2.45, 2.75) is 70.1 Å². The van der Waals surface area contributed by atoms with Crippen LogP contribution in [0.3, 0.4) is 0 Å². The van der Waals surface area contributed by atoms with Crippen LogP contribution in [0.1, 0.15) is 55.7 Å². The molecule has 2 atom stereocenters. The van der Waals surface area contributed by atoms with Crippen LogP contribution < -0.4 is 10.6 Å². The number of carbonyl (C=O) groups excluding carboxylic acids is 1. The molecule has 0 aliphatic heterocycles. The van der Waals surface area contributed by atoms with Gasteiger partial charge >= 0.3 is 0 Å². The number of halogens is 2. The minimum atomic E-state index is -0.963. The monoisotopic (exact) mass is 507 g/mol. The molecule has 1 aliphatic rings. The fourth-order valence-corrected chi connectivity index (χ4v) is 5.44. The average Bonchev–Trinajstić information content (AvgIpc) is 2.87. The molecule has 1 aromatic heterocycles.